The van der Waals surface area contributed by atoms with Crippen LogP contribution in [-0.4, -0.2) is 28.6 Å². The molecule has 24 heavy (non-hydrogen) atoms. The number of ketones is 1. The second-order valence-electron chi connectivity index (χ2n) is 5.87. The van der Waals surface area contributed by atoms with Crippen molar-refractivity contribution in [3.8, 4) is 0 Å². The predicted molar refractivity (Wildman–Crippen MR) is 91.4 cm³/mol. The first-order valence-electron chi connectivity index (χ1n) is 7.68. The van der Waals surface area contributed by atoms with Crippen LogP contribution in [0.1, 0.15) is 37.5 Å². The third-order valence-electron chi connectivity index (χ3n) is 4.14. The van der Waals surface area contributed by atoms with E-state index in [2.05, 4.69) is 10.2 Å². The zero-order valence-electron chi connectivity index (χ0n) is 13.8. The molecule has 1 N–H and O–H groups in total. The molecule has 0 unspecified atom stereocenters. The number of para-hydroxylation sites is 1. The average Bonchev–Trinajstić information content (AvgIpc) is 3.00. The van der Waals surface area contributed by atoms with E-state index in [1.165, 1.54) is 0 Å². The highest BCUT2D eigenvalue weighted by Crippen LogP contribution is 2.18. The summed E-state index contributed by atoms with van der Waals surface area (Å²) in [5.74, 6) is -0.828. The van der Waals surface area contributed by atoms with Crippen molar-refractivity contribution in [3.05, 3.63) is 64.3 Å². The third-order valence-corrected chi connectivity index (χ3v) is 4.14. The molecule has 0 amide bonds. The first-order chi connectivity index (χ1) is 11.5. The Morgan fingerprint density at radius 1 is 1.04 bits per heavy atom. The minimum atomic E-state index is -0.609. The van der Waals surface area contributed by atoms with E-state index in [-0.39, 0.29) is 18.1 Å². The van der Waals surface area contributed by atoms with E-state index < -0.39 is 5.97 Å². The molecule has 1 heterocycles. The van der Waals surface area contributed by atoms with Crippen LogP contribution in [0.4, 0.5) is 0 Å². The van der Waals surface area contributed by atoms with E-state index in [1.807, 2.05) is 51.1 Å². The molecule has 0 aliphatic heterocycles. The van der Waals surface area contributed by atoms with Crippen LogP contribution in [0, 0.1) is 20.8 Å². The Kier molecular flexibility index (Phi) is 4.16. The molecule has 0 radical (unpaired) electrons. The van der Waals surface area contributed by atoms with Gasteiger partial charge in [-0.2, -0.15) is 5.10 Å². The van der Waals surface area contributed by atoms with Crippen molar-refractivity contribution in [2.45, 2.75) is 20.8 Å². The highest BCUT2D eigenvalue weighted by molar-refractivity contribution is 6.04. The van der Waals surface area contributed by atoms with Gasteiger partial charge in [-0.1, -0.05) is 24.3 Å². The second kappa shape index (κ2) is 6.28. The number of nitrogens with zero attached hydrogens (tertiary/aromatic N) is 1. The molecule has 3 aromatic rings. The molecule has 0 saturated carbocycles. The Balaban J connectivity index is 1.75. The van der Waals surface area contributed by atoms with Crippen molar-refractivity contribution < 1.29 is 14.3 Å². The molecular weight excluding hydrogens is 304 g/mol. The lowest BCUT2D eigenvalue weighted by molar-refractivity contribution is 0.0470. The molecule has 0 spiro atoms. The maximum atomic E-state index is 12.4. The minimum Gasteiger partial charge on any atom is -0.452 e. The minimum absolute atomic E-state index is 0.190. The quantitative estimate of drug-likeness (QED) is 0.589. The number of benzene rings is 2. The number of aromatic amines is 1. The summed E-state index contributed by atoms with van der Waals surface area (Å²) in [5, 5.41) is 7.43. The summed E-state index contributed by atoms with van der Waals surface area (Å²) in [6.07, 6.45) is 0. The summed E-state index contributed by atoms with van der Waals surface area (Å²) in [4.78, 5) is 24.6. The second-order valence-corrected chi connectivity index (χ2v) is 5.87. The van der Waals surface area contributed by atoms with Gasteiger partial charge in [-0.15, -0.1) is 0 Å². The van der Waals surface area contributed by atoms with Gasteiger partial charge in [0.1, 0.15) is 0 Å². The Labute approximate surface area is 139 Å². The van der Waals surface area contributed by atoms with E-state index in [1.54, 1.807) is 6.07 Å². The summed E-state index contributed by atoms with van der Waals surface area (Å²) in [6, 6.07) is 11.1. The lowest BCUT2D eigenvalue weighted by Crippen LogP contribution is -2.16. The first-order valence-corrected chi connectivity index (χ1v) is 7.68. The van der Waals surface area contributed by atoms with Crippen molar-refractivity contribution in [1.29, 1.82) is 0 Å². The number of H-pyrrole nitrogens is 1. The fourth-order valence-electron chi connectivity index (χ4n) is 2.66. The molecule has 0 aliphatic rings. The number of aryl methyl sites for hydroxylation is 3. The van der Waals surface area contributed by atoms with Crippen molar-refractivity contribution >= 4 is 22.7 Å². The number of nitrogens with one attached hydrogen (secondary N) is 1. The van der Waals surface area contributed by atoms with Gasteiger partial charge in [0.15, 0.2) is 12.3 Å². The lowest BCUT2D eigenvalue weighted by Gasteiger charge is -2.09. The van der Waals surface area contributed by atoms with Gasteiger partial charge >= 0.3 is 5.97 Å². The van der Waals surface area contributed by atoms with Crippen LogP contribution in [0.2, 0.25) is 0 Å². The van der Waals surface area contributed by atoms with E-state index in [4.69, 9.17) is 4.74 Å². The van der Waals surface area contributed by atoms with Gasteiger partial charge in [0.2, 0.25) is 5.78 Å². The van der Waals surface area contributed by atoms with Gasteiger partial charge in [-0.05, 0) is 49.6 Å². The standard InChI is InChI=1S/C19H18N2O3/c1-11-8-13(3)15(9-12(11)2)17(22)10-24-19(23)18-14-6-4-5-7-16(14)20-21-18/h4-9H,10H2,1-3H3,(H,20,21). The van der Waals surface area contributed by atoms with E-state index >= 15 is 0 Å². The summed E-state index contributed by atoms with van der Waals surface area (Å²) in [6.45, 7) is 5.53. The molecule has 0 atom stereocenters. The van der Waals surface area contributed by atoms with Crippen LogP contribution in [0.5, 0.6) is 0 Å². The molecule has 5 heteroatoms. The molecule has 3 rings (SSSR count). The van der Waals surface area contributed by atoms with Gasteiger partial charge in [0.05, 0.1) is 5.52 Å². The van der Waals surface area contributed by atoms with Crippen molar-refractivity contribution in [1.82, 2.24) is 10.2 Å². The van der Waals surface area contributed by atoms with Crippen LogP contribution in [0.25, 0.3) is 10.9 Å². The topological polar surface area (TPSA) is 72.1 Å². The SMILES string of the molecule is Cc1cc(C)c(C(=O)COC(=O)c2n[nH]c3ccccc23)cc1C. The van der Waals surface area contributed by atoms with Crippen LogP contribution < -0.4 is 0 Å². The zero-order chi connectivity index (χ0) is 17.3. The molecule has 1 aromatic heterocycles. The number of esters is 1. The largest absolute Gasteiger partial charge is 0.452 e. The number of carbonyl (C=O) groups is 2. The van der Waals surface area contributed by atoms with E-state index in [0.29, 0.717) is 10.9 Å². The van der Waals surface area contributed by atoms with Gasteiger partial charge in [0.25, 0.3) is 0 Å². The van der Waals surface area contributed by atoms with Gasteiger partial charge in [-0.3, -0.25) is 9.89 Å². The molecule has 2 aromatic carbocycles. The molecule has 5 nitrogen and oxygen atoms in total. The molecule has 0 saturated heterocycles. The van der Waals surface area contributed by atoms with E-state index in [9.17, 15) is 9.59 Å². The van der Waals surface area contributed by atoms with Crippen LogP contribution in [-0.2, 0) is 4.74 Å². The predicted octanol–water partition coefficient (Wildman–Crippen LogP) is 3.53. The van der Waals surface area contributed by atoms with Crippen LogP contribution >= 0.6 is 0 Å². The van der Waals surface area contributed by atoms with Gasteiger partial charge < -0.3 is 4.74 Å². The highest BCUT2D eigenvalue weighted by Gasteiger charge is 2.18. The van der Waals surface area contributed by atoms with Crippen molar-refractivity contribution in [2.24, 2.45) is 0 Å². The number of Topliss-reactive ketones (excluding diaryl/α,β-unsaturated/α-hetero) is 1. The summed E-state index contributed by atoms with van der Waals surface area (Å²) >= 11 is 0. The summed E-state index contributed by atoms with van der Waals surface area (Å²) in [5.41, 5.74) is 4.57. The number of hydrogen-bond acceptors (Lipinski definition) is 4. The summed E-state index contributed by atoms with van der Waals surface area (Å²) < 4.78 is 5.16. The van der Waals surface area contributed by atoms with Gasteiger partial charge in [0, 0.05) is 10.9 Å². The maximum absolute atomic E-state index is 12.4. The van der Waals surface area contributed by atoms with Crippen molar-refractivity contribution in [3.63, 3.8) is 0 Å². The Morgan fingerprint density at radius 3 is 2.54 bits per heavy atom. The Bertz CT molecular complexity index is 941. The number of aromatic nitrogens is 2. The fraction of sp³-hybridized carbons (Fsp3) is 0.211. The van der Waals surface area contributed by atoms with Crippen molar-refractivity contribution in [2.75, 3.05) is 6.61 Å². The Hall–Kier alpha value is -2.95. The molecule has 122 valence electrons. The number of carbonyl (C=O) groups excluding carboxylic acids is 2. The number of fused-ring (bicyclic) bond motifs is 1. The van der Waals surface area contributed by atoms with E-state index in [0.717, 1.165) is 22.2 Å². The number of ether oxygens (including phenoxy) is 1. The molecular formula is C19H18N2O3. The van der Waals surface area contributed by atoms with Crippen LogP contribution in [0.15, 0.2) is 36.4 Å². The molecule has 0 bridgehead atoms. The lowest BCUT2D eigenvalue weighted by atomic mass is 9.98. The van der Waals surface area contributed by atoms with Crippen LogP contribution in [0.3, 0.4) is 0 Å². The smallest absolute Gasteiger partial charge is 0.359 e. The summed E-state index contributed by atoms with van der Waals surface area (Å²) in [7, 11) is 0. The first kappa shape index (κ1) is 15.9. The van der Waals surface area contributed by atoms with Gasteiger partial charge in [-0.25, -0.2) is 4.79 Å². The highest BCUT2D eigenvalue weighted by atomic mass is 16.5. The molecule has 0 aliphatic carbocycles. The number of hydrogen-bond donors (Lipinski definition) is 1. The Morgan fingerprint density at radius 2 is 1.75 bits per heavy atom. The third kappa shape index (κ3) is 2.93. The number of rotatable bonds is 4. The fourth-order valence-corrected chi connectivity index (χ4v) is 2.66. The zero-order valence-corrected chi connectivity index (χ0v) is 13.8. The maximum Gasteiger partial charge on any atom is 0.359 e. The molecule has 0 fully saturated rings. The average molecular weight is 322 g/mol. The monoisotopic (exact) mass is 322 g/mol. The normalized spacial score (nSPS) is 10.8.